The maximum Gasteiger partial charge on any atom is 0.243 e. The Morgan fingerprint density at radius 3 is 2.29 bits per heavy atom. The van der Waals surface area contributed by atoms with Gasteiger partial charge in [-0.05, 0) is 30.2 Å². The maximum absolute atomic E-state index is 12.2. The Morgan fingerprint density at radius 2 is 1.82 bits per heavy atom. The Kier molecular flexibility index (Phi) is 3.11. The number of aliphatic hydroxyl groups is 1. The van der Waals surface area contributed by atoms with Gasteiger partial charge < -0.3 is 10.2 Å². The summed E-state index contributed by atoms with van der Waals surface area (Å²) in [5.41, 5.74) is 0. The minimum absolute atomic E-state index is 0.0266. The summed E-state index contributed by atoms with van der Waals surface area (Å²) < 4.78 is 25.6. The van der Waals surface area contributed by atoms with Crippen LogP contribution in [0.3, 0.4) is 0 Å². The Morgan fingerprint density at radius 1 is 1.24 bits per heavy atom. The van der Waals surface area contributed by atoms with Crippen LogP contribution in [-0.4, -0.2) is 42.1 Å². The van der Waals surface area contributed by atoms with Crippen LogP contribution in [0.4, 0.5) is 0 Å². The van der Waals surface area contributed by atoms with E-state index in [2.05, 4.69) is 0 Å². The molecule has 2 N–H and O–H groups in total. The van der Waals surface area contributed by atoms with Gasteiger partial charge in [-0.15, -0.1) is 0 Å². The van der Waals surface area contributed by atoms with E-state index in [0.29, 0.717) is 6.54 Å². The van der Waals surface area contributed by atoms with Crippen LogP contribution in [0.25, 0.3) is 0 Å². The third kappa shape index (κ3) is 2.29. The lowest BCUT2D eigenvalue weighted by atomic mass is 10.1. The van der Waals surface area contributed by atoms with Crippen molar-refractivity contribution in [3.63, 3.8) is 0 Å². The highest BCUT2D eigenvalue weighted by molar-refractivity contribution is 7.89. The number of benzene rings is 1. The molecule has 0 saturated carbocycles. The van der Waals surface area contributed by atoms with Gasteiger partial charge in [0.2, 0.25) is 10.0 Å². The van der Waals surface area contributed by atoms with E-state index < -0.39 is 16.1 Å². The second kappa shape index (κ2) is 4.29. The second-order valence-electron chi connectivity index (χ2n) is 4.36. The Bertz CT molecular complexity index is 487. The molecule has 1 aliphatic heterocycles. The summed E-state index contributed by atoms with van der Waals surface area (Å²) >= 11 is 0. The average molecular weight is 257 g/mol. The van der Waals surface area contributed by atoms with Gasteiger partial charge in [0, 0.05) is 13.1 Å². The molecule has 0 aliphatic carbocycles. The van der Waals surface area contributed by atoms with E-state index in [9.17, 15) is 13.5 Å². The molecule has 0 bridgehead atoms. The first-order valence-electron chi connectivity index (χ1n) is 5.38. The van der Waals surface area contributed by atoms with Crippen molar-refractivity contribution in [2.75, 3.05) is 13.1 Å². The summed E-state index contributed by atoms with van der Waals surface area (Å²) in [6, 6.07) is 5.39. The fourth-order valence-electron chi connectivity index (χ4n) is 1.87. The molecule has 5 nitrogen and oxygen atoms in total. The number of hydrogen-bond donors (Lipinski definition) is 2. The van der Waals surface area contributed by atoms with Crippen molar-refractivity contribution in [3.8, 4) is 5.75 Å². The lowest BCUT2D eigenvalue weighted by Crippen LogP contribution is -2.29. The molecule has 0 aromatic heterocycles. The van der Waals surface area contributed by atoms with Crippen molar-refractivity contribution in [1.82, 2.24) is 4.31 Å². The normalized spacial score (nSPS) is 26.2. The maximum atomic E-state index is 12.2. The second-order valence-corrected chi connectivity index (χ2v) is 6.30. The summed E-state index contributed by atoms with van der Waals surface area (Å²) in [4.78, 5) is 0.136. The van der Waals surface area contributed by atoms with Crippen molar-refractivity contribution >= 4 is 10.0 Å². The van der Waals surface area contributed by atoms with Crippen molar-refractivity contribution in [1.29, 1.82) is 0 Å². The van der Waals surface area contributed by atoms with E-state index in [-0.39, 0.29) is 23.1 Å². The number of aliphatic hydroxyl groups excluding tert-OH is 1. The molecule has 0 spiro atoms. The van der Waals surface area contributed by atoms with Crippen LogP contribution in [0.5, 0.6) is 5.75 Å². The lowest BCUT2D eigenvalue weighted by Gasteiger charge is -2.15. The zero-order valence-electron chi connectivity index (χ0n) is 9.44. The number of aromatic hydroxyl groups is 1. The van der Waals surface area contributed by atoms with Crippen LogP contribution >= 0.6 is 0 Å². The summed E-state index contributed by atoms with van der Waals surface area (Å²) in [5.74, 6) is -0.0272. The number of phenols is 1. The third-order valence-corrected chi connectivity index (χ3v) is 4.86. The Labute approximate surface area is 100 Å². The van der Waals surface area contributed by atoms with Crippen molar-refractivity contribution in [2.45, 2.75) is 17.9 Å². The summed E-state index contributed by atoms with van der Waals surface area (Å²) in [7, 11) is -3.56. The highest BCUT2D eigenvalue weighted by Gasteiger charge is 2.36. The zero-order chi connectivity index (χ0) is 12.6. The molecule has 6 heteroatoms. The Hall–Kier alpha value is -1.11. The van der Waals surface area contributed by atoms with Crippen molar-refractivity contribution < 1.29 is 18.6 Å². The predicted molar refractivity (Wildman–Crippen MR) is 62.0 cm³/mol. The fourth-order valence-corrected chi connectivity index (χ4v) is 3.43. The van der Waals surface area contributed by atoms with Crippen LogP contribution in [0, 0.1) is 5.92 Å². The number of rotatable bonds is 2. The minimum atomic E-state index is -3.56. The quantitative estimate of drug-likeness (QED) is 0.803. The van der Waals surface area contributed by atoms with Gasteiger partial charge in [-0.2, -0.15) is 4.31 Å². The molecule has 17 heavy (non-hydrogen) atoms. The highest BCUT2D eigenvalue weighted by Crippen LogP contribution is 2.25. The number of β-amino-alcohol motifs (C(OH)–C–C–N with tert-alkyl or cyclic N) is 1. The van der Waals surface area contributed by atoms with Crippen LogP contribution in [0.2, 0.25) is 0 Å². The summed E-state index contributed by atoms with van der Waals surface area (Å²) in [6.07, 6.45) is -0.609. The minimum Gasteiger partial charge on any atom is -0.508 e. The van der Waals surface area contributed by atoms with Crippen LogP contribution < -0.4 is 0 Å². The molecule has 1 saturated heterocycles. The van der Waals surface area contributed by atoms with E-state index in [4.69, 9.17) is 5.11 Å². The van der Waals surface area contributed by atoms with E-state index >= 15 is 0 Å². The fraction of sp³-hybridized carbons (Fsp3) is 0.455. The molecule has 0 radical (unpaired) electrons. The zero-order valence-corrected chi connectivity index (χ0v) is 10.3. The number of hydrogen-bond acceptors (Lipinski definition) is 4. The molecular formula is C11H15NO4S. The van der Waals surface area contributed by atoms with Gasteiger partial charge in [0.1, 0.15) is 5.75 Å². The molecule has 94 valence electrons. The van der Waals surface area contributed by atoms with Crippen molar-refractivity contribution in [3.05, 3.63) is 24.3 Å². The van der Waals surface area contributed by atoms with Crippen LogP contribution in [-0.2, 0) is 10.0 Å². The number of sulfonamides is 1. The van der Waals surface area contributed by atoms with Gasteiger partial charge in [-0.1, -0.05) is 6.92 Å². The molecular weight excluding hydrogens is 242 g/mol. The van der Waals surface area contributed by atoms with E-state index in [0.717, 1.165) is 0 Å². The largest absolute Gasteiger partial charge is 0.508 e. The third-order valence-electron chi connectivity index (χ3n) is 3.01. The van der Waals surface area contributed by atoms with Gasteiger partial charge in [0.05, 0.1) is 11.0 Å². The monoisotopic (exact) mass is 257 g/mol. The summed E-state index contributed by atoms with van der Waals surface area (Å²) in [5, 5.41) is 18.7. The molecule has 0 unspecified atom stereocenters. The van der Waals surface area contributed by atoms with Gasteiger partial charge >= 0.3 is 0 Å². The number of phenolic OH excluding ortho intramolecular Hbond substituents is 1. The predicted octanol–water partition coefficient (Wildman–Crippen LogP) is 0.394. The average Bonchev–Trinajstić information content (AvgIpc) is 2.60. The van der Waals surface area contributed by atoms with Crippen LogP contribution in [0.1, 0.15) is 6.92 Å². The SMILES string of the molecule is C[C@@H]1CN(S(=O)(=O)c2ccc(O)cc2)C[C@@H]1O. The first-order chi connectivity index (χ1) is 7.91. The van der Waals surface area contributed by atoms with E-state index in [1.54, 1.807) is 0 Å². The molecule has 1 aliphatic rings. The molecule has 0 amide bonds. The number of nitrogens with zero attached hydrogens (tertiary/aromatic N) is 1. The smallest absolute Gasteiger partial charge is 0.243 e. The van der Waals surface area contributed by atoms with E-state index in [1.807, 2.05) is 6.92 Å². The van der Waals surface area contributed by atoms with E-state index in [1.165, 1.54) is 28.6 Å². The van der Waals surface area contributed by atoms with Gasteiger partial charge in [-0.25, -0.2) is 8.42 Å². The molecule has 1 aromatic rings. The highest BCUT2D eigenvalue weighted by atomic mass is 32.2. The first kappa shape index (κ1) is 12.3. The summed E-state index contributed by atoms with van der Waals surface area (Å²) in [6.45, 7) is 2.27. The molecule has 1 aromatic carbocycles. The molecule has 2 atom stereocenters. The van der Waals surface area contributed by atoms with Crippen LogP contribution in [0.15, 0.2) is 29.2 Å². The molecule has 1 fully saturated rings. The molecule has 1 heterocycles. The van der Waals surface area contributed by atoms with Crippen molar-refractivity contribution in [2.24, 2.45) is 5.92 Å². The molecule has 2 rings (SSSR count). The van der Waals surface area contributed by atoms with Gasteiger partial charge in [0.25, 0.3) is 0 Å². The standard InChI is InChI=1S/C11H15NO4S/c1-8-6-12(7-11(8)14)17(15,16)10-4-2-9(13)3-5-10/h2-5,8,11,13-14H,6-7H2,1H3/t8-,11+/m1/s1. The van der Waals surface area contributed by atoms with Gasteiger partial charge in [-0.3, -0.25) is 0 Å². The topological polar surface area (TPSA) is 77.8 Å². The lowest BCUT2D eigenvalue weighted by molar-refractivity contribution is 0.153. The van der Waals surface area contributed by atoms with Gasteiger partial charge in [0.15, 0.2) is 0 Å². The first-order valence-corrected chi connectivity index (χ1v) is 6.82. The Balaban J connectivity index is 2.28.